The predicted molar refractivity (Wildman–Crippen MR) is 42.8 cm³/mol. The second kappa shape index (κ2) is 2.82. The van der Waals surface area contributed by atoms with Gasteiger partial charge in [0.1, 0.15) is 0 Å². The maximum Gasteiger partial charge on any atom is 0.358 e. The molecule has 0 saturated carbocycles. The van der Waals surface area contributed by atoms with E-state index < -0.39 is 11.7 Å². The number of carbonyl (C=O) groups is 1. The average Bonchev–Trinajstić information content (AvgIpc) is 1.96. The number of rotatable bonds is 1. The molecule has 0 aliphatic heterocycles. The van der Waals surface area contributed by atoms with E-state index >= 15 is 0 Å². The fourth-order valence-corrected chi connectivity index (χ4v) is 0.726. The van der Waals surface area contributed by atoms with Crippen LogP contribution < -0.4 is 11.5 Å². The topological polar surface area (TPSA) is 115 Å². The van der Waals surface area contributed by atoms with Crippen LogP contribution in [0.4, 0.5) is 11.6 Å². The molecule has 1 rings (SSSR count). The van der Waals surface area contributed by atoms with Crippen LogP contribution in [0.5, 0.6) is 0 Å². The molecule has 6 nitrogen and oxygen atoms in total. The lowest BCUT2D eigenvalue weighted by Gasteiger charge is -2.00. The Hall–Kier alpha value is -1.56. The molecule has 0 radical (unpaired) electrons. The summed E-state index contributed by atoms with van der Waals surface area (Å²) in [6.07, 6.45) is 0. The summed E-state index contributed by atoms with van der Waals surface area (Å²) in [6.45, 7) is 0. The molecule has 0 saturated heterocycles. The number of anilines is 2. The third-order valence-electron chi connectivity index (χ3n) is 1.11. The van der Waals surface area contributed by atoms with E-state index in [-0.39, 0.29) is 16.8 Å². The first-order valence-corrected chi connectivity index (χ1v) is 3.22. The lowest BCUT2D eigenvalue weighted by Crippen LogP contribution is -2.09. The van der Waals surface area contributed by atoms with E-state index in [9.17, 15) is 4.79 Å². The van der Waals surface area contributed by atoms with E-state index in [1.807, 2.05) is 0 Å². The maximum atomic E-state index is 10.4. The quantitative estimate of drug-likeness (QED) is 0.571. The first-order valence-electron chi connectivity index (χ1n) is 2.84. The molecule has 0 aliphatic carbocycles. The number of aromatic carboxylic acids is 1. The molecule has 64 valence electrons. The molecule has 1 aromatic heterocycles. The van der Waals surface area contributed by atoms with Crippen LogP contribution in [0.1, 0.15) is 10.5 Å². The third kappa shape index (κ3) is 1.37. The van der Waals surface area contributed by atoms with Crippen LogP contribution in [0, 0.1) is 0 Å². The van der Waals surface area contributed by atoms with Gasteiger partial charge in [-0.15, -0.1) is 0 Å². The van der Waals surface area contributed by atoms with E-state index in [2.05, 4.69) is 9.97 Å². The summed E-state index contributed by atoms with van der Waals surface area (Å²) in [5, 5.41) is 8.33. The van der Waals surface area contributed by atoms with Crippen molar-refractivity contribution in [1.29, 1.82) is 0 Å². The number of hydrogen-bond acceptors (Lipinski definition) is 5. The number of halogens is 1. The minimum absolute atomic E-state index is 0.0841. The standard InChI is InChI=1S/C5H5ClN4O2/c6-2-4(8)10-3(7)1(9-2)5(11)12/h(H,11,12)(H4,7,8,10). The largest absolute Gasteiger partial charge is 0.476 e. The van der Waals surface area contributed by atoms with Gasteiger partial charge in [0, 0.05) is 0 Å². The first kappa shape index (κ1) is 8.54. The molecular formula is C5H5ClN4O2. The molecule has 0 amide bonds. The van der Waals surface area contributed by atoms with Gasteiger partial charge in [0.2, 0.25) is 0 Å². The summed E-state index contributed by atoms with van der Waals surface area (Å²) < 4.78 is 0. The monoisotopic (exact) mass is 188 g/mol. The van der Waals surface area contributed by atoms with Crippen molar-refractivity contribution in [3.05, 3.63) is 10.8 Å². The van der Waals surface area contributed by atoms with Crippen LogP contribution in [0.2, 0.25) is 5.15 Å². The van der Waals surface area contributed by atoms with Gasteiger partial charge in [-0.1, -0.05) is 11.6 Å². The predicted octanol–water partition coefficient (Wildman–Crippen LogP) is -0.00740. The molecule has 0 atom stereocenters. The lowest BCUT2D eigenvalue weighted by molar-refractivity contribution is 0.0691. The smallest absolute Gasteiger partial charge is 0.358 e. The van der Waals surface area contributed by atoms with Gasteiger partial charge in [0.25, 0.3) is 0 Å². The van der Waals surface area contributed by atoms with E-state index in [4.69, 9.17) is 28.2 Å². The Balaban J connectivity index is 3.33. The average molecular weight is 189 g/mol. The minimum atomic E-state index is -1.29. The Morgan fingerprint density at radius 2 is 1.92 bits per heavy atom. The summed E-state index contributed by atoms with van der Waals surface area (Å²) >= 11 is 5.41. The molecule has 0 spiro atoms. The van der Waals surface area contributed by atoms with Crippen molar-refractivity contribution in [2.24, 2.45) is 0 Å². The van der Waals surface area contributed by atoms with Crippen molar-refractivity contribution in [2.45, 2.75) is 0 Å². The van der Waals surface area contributed by atoms with Crippen LogP contribution in [0.25, 0.3) is 0 Å². The molecule has 0 aliphatic rings. The van der Waals surface area contributed by atoms with Crippen LogP contribution in [0.15, 0.2) is 0 Å². The van der Waals surface area contributed by atoms with Crippen molar-refractivity contribution >= 4 is 29.2 Å². The molecule has 0 aromatic carbocycles. The van der Waals surface area contributed by atoms with Crippen LogP contribution in [-0.2, 0) is 0 Å². The van der Waals surface area contributed by atoms with Crippen molar-refractivity contribution in [3.8, 4) is 0 Å². The Bertz CT molecular complexity index is 340. The Kier molecular flexibility index (Phi) is 2.01. The van der Waals surface area contributed by atoms with E-state index in [0.717, 1.165) is 0 Å². The highest BCUT2D eigenvalue weighted by atomic mass is 35.5. The van der Waals surface area contributed by atoms with Gasteiger partial charge < -0.3 is 16.6 Å². The fourth-order valence-electron chi connectivity index (χ4n) is 0.599. The number of nitrogens with zero attached hydrogens (tertiary/aromatic N) is 2. The number of aromatic nitrogens is 2. The zero-order valence-electron chi connectivity index (χ0n) is 5.78. The Morgan fingerprint density at radius 3 is 2.42 bits per heavy atom. The van der Waals surface area contributed by atoms with Gasteiger partial charge in [-0.25, -0.2) is 14.8 Å². The van der Waals surface area contributed by atoms with Gasteiger partial charge in [-0.2, -0.15) is 0 Å². The summed E-state index contributed by atoms with van der Waals surface area (Å²) in [4.78, 5) is 17.3. The summed E-state index contributed by atoms with van der Waals surface area (Å²) in [6, 6.07) is 0. The van der Waals surface area contributed by atoms with Gasteiger partial charge in [0.05, 0.1) is 0 Å². The zero-order chi connectivity index (χ0) is 9.30. The van der Waals surface area contributed by atoms with Crippen molar-refractivity contribution in [2.75, 3.05) is 11.5 Å². The van der Waals surface area contributed by atoms with E-state index in [1.54, 1.807) is 0 Å². The van der Waals surface area contributed by atoms with E-state index in [1.165, 1.54) is 0 Å². The Morgan fingerprint density at radius 1 is 1.33 bits per heavy atom. The lowest BCUT2D eigenvalue weighted by atomic mass is 10.4. The van der Waals surface area contributed by atoms with Crippen LogP contribution >= 0.6 is 11.6 Å². The minimum Gasteiger partial charge on any atom is -0.476 e. The van der Waals surface area contributed by atoms with Gasteiger partial charge in [-0.3, -0.25) is 0 Å². The zero-order valence-corrected chi connectivity index (χ0v) is 6.54. The van der Waals surface area contributed by atoms with Crippen LogP contribution in [0.3, 0.4) is 0 Å². The molecule has 7 heteroatoms. The summed E-state index contributed by atoms with van der Waals surface area (Å²) in [5.74, 6) is -1.62. The third-order valence-corrected chi connectivity index (χ3v) is 1.39. The maximum absolute atomic E-state index is 10.4. The van der Waals surface area contributed by atoms with Crippen molar-refractivity contribution in [3.63, 3.8) is 0 Å². The van der Waals surface area contributed by atoms with E-state index in [0.29, 0.717) is 0 Å². The molecule has 1 heterocycles. The molecular weight excluding hydrogens is 184 g/mol. The highest BCUT2D eigenvalue weighted by Crippen LogP contribution is 2.16. The molecule has 0 fully saturated rings. The van der Waals surface area contributed by atoms with Gasteiger partial charge in [-0.05, 0) is 0 Å². The fraction of sp³-hybridized carbons (Fsp3) is 0. The second-order valence-electron chi connectivity index (χ2n) is 1.94. The number of nitrogens with two attached hydrogens (primary N) is 2. The second-order valence-corrected chi connectivity index (χ2v) is 2.30. The van der Waals surface area contributed by atoms with Crippen LogP contribution in [-0.4, -0.2) is 21.0 Å². The molecule has 5 N–H and O–H groups in total. The molecule has 0 bridgehead atoms. The Labute approximate surface area is 72.2 Å². The van der Waals surface area contributed by atoms with Crippen molar-refractivity contribution in [1.82, 2.24) is 9.97 Å². The number of carboxylic acid groups (broad SMARTS) is 1. The van der Waals surface area contributed by atoms with Crippen molar-refractivity contribution < 1.29 is 9.90 Å². The highest BCUT2D eigenvalue weighted by molar-refractivity contribution is 6.31. The first-order chi connectivity index (χ1) is 5.52. The summed E-state index contributed by atoms with van der Waals surface area (Å²) in [7, 11) is 0. The molecule has 0 unspecified atom stereocenters. The number of hydrogen-bond donors (Lipinski definition) is 3. The molecule has 12 heavy (non-hydrogen) atoms. The highest BCUT2D eigenvalue weighted by Gasteiger charge is 2.13. The normalized spacial score (nSPS) is 9.75. The van der Waals surface area contributed by atoms with Gasteiger partial charge in [0.15, 0.2) is 22.5 Å². The molecule has 1 aromatic rings. The summed E-state index contributed by atoms with van der Waals surface area (Å²) in [5.41, 5.74) is 10.0. The number of carboxylic acids is 1. The van der Waals surface area contributed by atoms with Gasteiger partial charge >= 0.3 is 5.97 Å². The number of nitrogen functional groups attached to an aromatic ring is 2. The SMILES string of the molecule is Nc1nc(N)c(C(=O)O)nc1Cl.